The summed E-state index contributed by atoms with van der Waals surface area (Å²) < 4.78 is 36.3. The van der Waals surface area contributed by atoms with Crippen molar-refractivity contribution in [3.05, 3.63) is 52.5 Å². The summed E-state index contributed by atoms with van der Waals surface area (Å²) in [4.78, 5) is 24.7. The molecule has 176 valence electrons. The summed E-state index contributed by atoms with van der Waals surface area (Å²) in [7, 11) is -3.92. The Morgan fingerprint density at radius 2 is 2.00 bits per heavy atom. The number of nitrogens with one attached hydrogen (secondary N) is 3. The number of aryl methyl sites for hydroxylation is 1. The minimum Gasteiger partial charge on any atom is -0.454 e. The lowest BCUT2D eigenvalue weighted by atomic mass is 10.2. The third-order valence-corrected chi connectivity index (χ3v) is 8.70. The molecule has 2 unspecified atom stereocenters. The van der Waals surface area contributed by atoms with E-state index in [-0.39, 0.29) is 29.9 Å². The van der Waals surface area contributed by atoms with Crippen LogP contribution in [0.5, 0.6) is 11.5 Å². The van der Waals surface area contributed by atoms with Crippen LogP contribution >= 0.6 is 23.4 Å². The number of sulfone groups is 1. The number of carbonyl (C=O) groups excluding carboxylic acids is 2. The lowest BCUT2D eigenvalue weighted by Gasteiger charge is -2.29. The molecule has 9 nitrogen and oxygen atoms in total. The molecular formula is C21H22ClN3O6S2. The van der Waals surface area contributed by atoms with Crippen molar-refractivity contribution in [3.63, 3.8) is 0 Å². The first kappa shape index (κ1) is 23.7. The van der Waals surface area contributed by atoms with Gasteiger partial charge in [-0.3, -0.25) is 14.9 Å². The van der Waals surface area contributed by atoms with Gasteiger partial charge in [0.05, 0.1) is 10.6 Å². The van der Waals surface area contributed by atoms with E-state index in [4.69, 9.17) is 21.1 Å². The van der Waals surface area contributed by atoms with Crippen LogP contribution in [0.15, 0.2) is 41.3 Å². The lowest BCUT2D eigenvalue weighted by molar-refractivity contribution is -0.122. The first-order valence-corrected chi connectivity index (χ1v) is 13.0. The molecule has 0 radical (unpaired) electrons. The van der Waals surface area contributed by atoms with Crippen LogP contribution in [0.3, 0.4) is 0 Å². The smallest absolute Gasteiger partial charge is 0.241 e. The fourth-order valence-electron chi connectivity index (χ4n) is 3.31. The van der Waals surface area contributed by atoms with E-state index in [2.05, 4.69) is 16.0 Å². The number of amides is 2. The van der Waals surface area contributed by atoms with Crippen LogP contribution in [0.2, 0.25) is 5.02 Å². The summed E-state index contributed by atoms with van der Waals surface area (Å²) >= 11 is 7.21. The minimum absolute atomic E-state index is 0.00551. The molecule has 0 bridgehead atoms. The fraction of sp³-hybridized carbons (Fsp3) is 0.333. The Kier molecular flexibility index (Phi) is 7.03. The normalized spacial score (nSPS) is 19.8. The predicted octanol–water partition coefficient (Wildman–Crippen LogP) is 1.57. The molecule has 1 saturated heterocycles. The van der Waals surface area contributed by atoms with Gasteiger partial charge in [0, 0.05) is 18.1 Å². The zero-order chi connectivity index (χ0) is 23.6. The van der Waals surface area contributed by atoms with Crippen molar-refractivity contribution in [3.8, 4) is 11.5 Å². The molecule has 2 aromatic carbocycles. The fourth-order valence-corrected chi connectivity index (χ4v) is 5.92. The Balaban J connectivity index is 1.26. The number of hydrogen-bond acceptors (Lipinski definition) is 8. The maximum Gasteiger partial charge on any atom is 0.241 e. The molecule has 2 heterocycles. The predicted molar refractivity (Wildman–Crippen MR) is 124 cm³/mol. The van der Waals surface area contributed by atoms with Crippen molar-refractivity contribution >= 4 is 45.0 Å². The van der Waals surface area contributed by atoms with E-state index in [1.54, 1.807) is 25.1 Å². The third kappa shape index (κ3) is 5.37. The van der Waals surface area contributed by atoms with E-state index in [1.165, 1.54) is 12.1 Å². The minimum atomic E-state index is -3.92. The van der Waals surface area contributed by atoms with Crippen LogP contribution in [0.1, 0.15) is 11.1 Å². The van der Waals surface area contributed by atoms with Gasteiger partial charge in [-0.1, -0.05) is 23.7 Å². The van der Waals surface area contributed by atoms with Gasteiger partial charge in [0.15, 0.2) is 26.6 Å². The third-order valence-electron chi connectivity index (χ3n) is 5.21. The second-order valence-electron chi connectivity index (χ2n) is 7.52. The Morgan fingerprint density at radius 1 is 1.21 bits per heavy atom. The van der Waals surface area contributed by atoms with Crippen molar-refractivity contribution in [1.82, 2.24) is 16.0 Å². The molecule has 2 aliphatic rings. The zero-order valence-corrected chi connectivity index (χ0v) is 20.0. The van der Waals surface area contributed by atoms with Gasteiger partial charge in [0.25, 0.3) is 0 Å². The molecule has 2 aliphatic heterocycles. The van der Waals surface area contributed by atoms with E-state index in [1.807, 2.05) is 6.07 Å². The number of ether oxygens (including phenoxy) is 2. The molecule has 1 fully saturated rings. The summed E-state index contributed by atoms with van der Waals surface area (Å²) in [6.07, 6.45) is 0. The Bertz CT molecular complexity index is 1190. The van der Waals surface area contributed by atoms with Crippen molar-refractivity contribution in [2.75, 3.05) is 19.1 Å². The van der Waals surface area contributed by atoms with Crippen LogP contribution < -0.4 is 25.4 Å². The monoisotopic (exact) mass is 511 g/mol. The highest BCUT2D eigenvalue weighted by Crippen LogP contribution is 2.32. The molecule has 2 atom stereocenters. The average molecular weight is 512 g/mol. The van der Waals surface area contributed by atoms with Gasteiger partial charge in [0.2, 0.25) is 18.6 Å². The second kappa shape index (κ2) is 9.80. The maximum absolute atomic E-state index is 12.9. The summed E-state index contributed by atoms with van der Waals surface area (Å²) in [6, 6.07) is 9.82. The van der Waals surface area contributed by atoms with Gasteiger partial charge in [-0.05, 0) is 42.3 Å². The van der Waals surface area contributed by atoms with Crippen LogP contribution in [-0.2, 0) is 26.0 Å². The summed E-state index contributed by atoms with van der Waals surface area (Å²) in [6.45, 7) is 2.19. The van der Waals surface area contributed by atoms with Gasteiger partial charge in [0.1, 0.15) is 5.50 Å². The van der Waals surface area contributed by atoms with Crippen LogP contribution in [0.4, 0.5) is 0 Å². The van der Waals surface area contributed by atoms with Gasteiger partial charge in [-0.2, -0.15) is 0 Å². The lowest BCUT2D eigenvalue weighted by Crippen LogP contribution is -2.59. The second-order valence-corrected chi connectivity index (χ2v) is 11.1. The van der Waals surface area contributed by atoms with Crippen molar-refractivity contribution < 1.29 is 27.5 Å². The number of carbonyl (C=O) groups is 2. The number of benzene rings is 2. The Hall–Kier alpha value is -2.47. The first-order chi connectivity index (χ1) is 15.7. The van der Waals surface area contributed by atoms with Gasteiger partial charge in [-0.15, -0.1) is 11.8 Å². The van der Waals surface area contributed by atoms with Crippen LogP contribution in [-0.4, -0.2) is 50.1 Å². The molecule has 0 aromatic heterocycles. The van der Waals surface area contributed by atoms with E-state index >= 15 is 0 Å². The topological polar surface area (TPSA) is 123 Å². The number of halogens is 1. The van der Waals surface area contributed by atoms with E-state index in [0.717, 1.165) is 22.9 Å². The average Bonchev–Trinajstić information content (AvgIpc) is 3.26. The number of hydrogen-bond donors (Lipinski definition) is 3. The molecule has 12 heteroatoms. The van der Waals surface area contributed by atoms with Gasteiger partial charge in [-0.25, -0.2) is 8.42 Å². The summed E-state index contributed by atoms with van der Waals surface area (Å²) in [5, 5.41) is 7.42. The number of thioether (sulfide) groups is 1. The van der Waals surface area contributed by atoms with E-state index in [9.17, 15) is 18.0 Å². The standard InChI is InChI=1S/C21H22ClN3O6S2/c1-12-2-4-14(7-15(12)22)33(28,29)18-9-24-21(25-20(18)27)32-10-19(26)23-8-13-3-5-16-17(6-13)31-11-30-16/h2-7,18,21,24H,8-11H2,1H3,(H,23,26)(H,25,27). The molecule has 2 aromatic rings. The maximum atomic E-state index is 12.9. The SMILES string of the molecule is Cc1ccc(S(=O)(=O)C2CNC(SCC(=O)NCc3ccc4c(c3)OCO4)NC2=O)cc1Cl. The molecule has 0 aliphatic carbocycles. The number of rotatable bonds is 7. The van der Waals surface area contributed by atoms with Crippen LogP contribution in [0.25, 0.3) is 0 Å². The highest BCUT2D eigenvalue weighted by atomic mass is 35.5. The van der Waals surface area contributed by atoms with Crippen molar-refractivity contribution in [2.24, 2.45) is 0 Å². The highest BCUT2D eigenvalue weighted by molar-refractivity contribution is 8.00. The molecule has 2 amide bonds. The zero-order valence-electron chi connectivity index (χ0n) is 17.6. The molecule has 0 spiro atoms. The number of fused-ring (bicyclic) bond motifs is 1. The van der Waals surface area contributed by atoms with Crippen molar-refractivity contribution in [1.29, 1.82) is 0 Å². The molecule has 33 heavy (non-hydrogen) atoms. The van der Waals surface area contributed by atoms with E-state index in [0.29, 0.717) is 23.1 Å². The molecular weight excluding hydrogens is 490 g/mol. The summed E-state index contributed by atoms with van der Waals surface area (Å²) in [5.74, 6) is 0.544. The molecule has 4 rings (SSSR count). The van der Waals surface area contributed by atoms with Gasteiger partial charge >= 0.3 is 0 Å². The Morgan fingerprint density at radius 3 is 2.76 bits per heavy atom. The quantitative estimate of drug-likeness (QED) is 0.512. The highest BCUT2D eigenvalue weighted by Gasteiger charge is 2.38. The molecule has 0 saturated carbocycles. The van der Waals surface area contributed by atoms with Crippen LogP contribution in [0, 0.1) is 6.92 Å². The van der Waals surface area contributed by atoms with Gasteiger partial charge < -0.3 is 20.1 Å². The first-order valence-electron chi connectivity index (χ1n) is 10.0. The largest absolute Gasteiger partial charge is 0.454 e. The molecule has 3 N–H and O–H groups in total. The Labute approximate surface area is 200 Å². The summed E-state index contributed by atoms with van der Waals surface area (Å²) in [5.41, 5.74) is 1.03. The van der Waals surface area contributed by atoms with E-state index < -0.39 is 26.5 Å². The van der Waals surface area contributed by atoms with Crippen molar-refractivity contribution in [2.45, 2.75) is 29.1 Å².